The Labute approximate surface area is 107 Å². The van der Waals surface area contributed by atoms with Crippen LogP contribution in [0.1, 0.15) is 32.4 Å². The molecule has 0 bridgehead atoms. The van der Waals surface area contributed by atoms with Crippen molar-refractivity contribution < 1.29 is 9.47 Å². The lowest BCUT2D eigenvalue weighted by Gasteiger charge is -2.31. The third-order valence-corrected chi connectivity index (χ3v) is 2.90. The summed E-state index contributed by atoms with van der Waals surface area (Å²) in [6.45, 7) is 6.00. The van der Waals surface area contributed by atoms with E-state index in [0.29, 0.717) is 11.8 Å². The Morgan fingerprint density at radius 1 is 1.33 bits per heavy atom. The highest BCUT2D eigenvalue weighted by atomic mass is 16.5. The first-order chi connectivity index (χ1) is 8.56. The number of aryl methyl sites for hydroxylation is 1. The van der Waals surface area contributed by atoms with E-state index in [1.54, 1.807) is 0 Å². The van der Waals surface area contributed by atoms with E-state index in [2.05, 4.69) is 29.2 Å². The van der Waals surface area contributed by atoms with Crippen molar-refractivity contribution in [3.05, 3.63) is 11.8 Å². The summed E-state index contributed by atoms with van der Waals surface area (Å²) in [6, 6.07) is 1.81. The lowest BCUT2D eigenvalue weighted by molar-refractivity contribution is -0.0729. The molecule has 2 rings (SSSR count). The first-order valence-corrected chi connectivity index (χ1v) is 6.21. The molecule has 0 radical (unpaired) electrons. The number of ether oxygens (including phenoxy) is 2. The smallest absolute Gasteiger partial charge is 0.240 e. The van der Waals surface area contributed by atoms with Crippen LogP contribution in [-0.4, -0.2) is 28.3 Å². The van der Waals surface area contributed by atoms with Gasteiger partial charge < -0.3 is 9.47 Å². The number of anilines is 1. The second-order valence-corrected chi connectivity index (χ2v) is 4.78. The third kappa shape index (κ3) is 3.30. The van der Waals surface area contributed by atoms with Crippen LogP contribution >= 0.6 is 0 Å². The van der Waals surface area contributed by atoms with Gasteiger partial charge in [0.25, 0.3) is 0 Å². The molecule has 1 aromatic heterocycles. The van der Waals surface area contributed by atoms with Gasteiger partial charge in [0.15, 0.2) is 0 Å². The second-order valence-electron chi connectivity index (χ2n) is 4.78. The minimum Gasteiger partial charge on any atom is -0.474 e. The van der Waals surface area contributed by atoms with E-state index in [9.17, 15) is 0 Å². The molecule has 1 aliphatic heterocycles. The van der Waals surface area contributed by atoms with Crippen LogP contribution in [-0.2, 0) is 4.74 Å². The zero-order valence-electron chi connectivity index (χ0n) is 11.0. The van der Waals surface area contributed by atoms with Crippen molar-refractivity contribution in [3.8, 4) is 5.88 Å². The second kappa shape index (κ2) is 5.49. The number of nitrogens with two attached hydrogens (primary N) is 1. The number of nitrogens with zero attached hydrogens (tertiary/aromatic N) is 2. The molecule has 2 atom stereocenters. The van der Waals surface area contributed by atoms with Crippen LogP contribution in [0.4, 0.5) is 5.95 Å². The van der Waals surface area contributed by atoms with Crippen molar-refractivity contribution in [2.24, 2.45) is 5.84 Å². The van der Waals surface area contributed by atoms with Gasteiger partial charge in [0.1, 0.15) is 6.10 Å². The topological polar surface area (TPSA) is 82.3 Å². The van der Waals surface area contributed by atoms with Gasteiger partial charge in [-0.05, 0) is 20.8 Å². The fourth-order valence-electron chi connectivity index (χ4n) is 2.28. The molecular formula is C12H20N4O2. The molecule has 0 amide bonds. The number of aromatic nitrogens is 2. The maximum absolute atomic E-state index is 5.89. The summed E-state index contributed by atoms with van der Waals surface area (Å²) < 4.78 is 11.6. The van der Waals surface area contributed by atoms with Gasteiger partial charge in [-0.1, -0.05) is 0 Å². The normalized spacial score (nSPS) is 27.9. The molecule has 1 aromatic rings. The number of hydrogen-bond acceptors (Lipinski definition) is 6. The molecule has 0 saturated carbocycles. The first kappa shape index (κ1) is 13.0. The van der Waals surface area contributed by atoms with Crippen molar-refractivity contribution >= 4 is 5.95 Å². The van der Waals surface area contributed by atoms with Crippen molar-refractivity contribution in [2.45, 2.75) is 51.9 Å². The van der Waals surface area contributed by atoms with Gasteiger partial charge in [0, 0.05) is 24.6 Å². The highest BCUT2D eigenvalue weighted by Crippen LogP contribution is 2.23. The molecule has 18 heavy (non-hydrogen) atoms. The van der Waals surface area contributed by atoms with E-state index in [-0.39, 0.29) is 18.3 Å². The van der Waals surface area contributed by atoms with Crippen molar-refractivity contribution in [1.29, 1.82) is 0 Å². The zero-order valence-corrected chi connectivity index (χ0v) is 11.0. The Bertz CT molecular complexity index is 403. The summed E-state index contributed by atoms with van der Waals surface area (Å²) in [4.78, 5) is 8.31. The number of rotatable bonds is 3. The number of nitrogens with one attached hydrogen (secondary N) is 1. The summed E-state index contributed by atoms with van der Waals surface area (Å²) in [5.41, 5.74) is 3.26. The maximum atomic E-state index is 5.89. The van der Waals surface area contributed by atoms with E-state index < -0.39 is 0 Å². The largest absolute Gasteiger partial charge is 0.474 e. The summed E-state index contributed by atoms with van der Waals surface area (Å²) in [5, 5.41) is 0. The summed E-state index contributed by atoms with van der Waals surface area (Å²) in [6.07, 6.45) is 2.31. The van der Waals surface area contributed by atoms with Gasteiger partial charge in [-0.25, -0.2) is 10.8 Å². The van der Waals surface area contributed by atoms with Gasteiger partial charge in [0.2, 0.25) is 11.8 Å². The lowest BCUT2D eigenvalue weighted by atomic mass is 10.0. The Morgan fingerprint density at radius 2 is 2.00 bits per heavy atom. The van der Waals surface area contributed by atoms with Gasteiger partial charge in [-0.2, -0.15) is 4.98 Å². The van der Waals surface area contributed by atoms with E-state index in [1.807, 2.05) is 13.0 Å². The molecule has 100 valence electrons. The maximum Gasteiger partial charge on any atom is 0.240 e. The Hall–Kier alpha value is -1.40. The summed E-state index contributed by atoms with van der Waals surface area (Å²) in [5.74, 6) is 6.24. The SMILES string of the molecule is Cc1cc(OC2CC(C)OC(C)C2)nc(NN)n1. The molecule has 0 aliphatic carbocycles. The van der Waals surface area contributed by atoms with Crippen LogP contribution in [0.3, 0.4) is 0 Å². The van der Waals surface area contributed by atoms with Crippen LogP contribution in [0, 0.1) is 6.92 Å². The monoisotopic (exact) mass is 252 g/mol. The van der Waals surface area contributed by atoms with Crippen LogP contribution in [0.5, 0.6) is 5.88 Å². The van der Waals surface area contributed by atoms with Crippen molar-refractivity contribution in [2.75, 3.05) is 5.43 Å². The average Bonchev–Trinajstić information content (AvgIpc) is 2.26. The number of nitrogen functional groups attached to an aromatic ring is 1. The zero-order chi connectivity index (χ0) is 13.1. The van der Waals surface area contributed by atoms with Gasteiger partial charge in [0.05, 0.1) is 12.2 Å². The molecule has 1 saturated heterocycles. The quantitative estimate of drug-likeness (QED) is 0.625. The van der Waals surface area contributed by atoms with E-state index in [0.717, 1.165) is 18.5 Å². The number of hydrogen-bond donors (Lipinski definition) is 2. The molecule has 6 heteroatoms. The lowest BCUT2D eigenvalue weighted by Crippen LogP contribution is -2.35. The number of hydrazine groups is 1. The molecule has 0 aromatic carbocycles. The molecular weight excluding hydrogens is 232 g/mol. The van der Waals surface area contributed by atoms with Crippen molar-refractivity contribution in [1.82, 2.24) is 9.97 Å². The Morgan fingerprint density at radius 3 is 2.61 bits per heavy atom. The standard InChI is InChI=1S/C12H20N4O2/c1-7-4-11(15-12(14-7)16-13)18-10-5-8(2)17-9(3)6-10/h4,8-10H,5-6,13H2,1-3H3,(H,14,15,16). The molecule has 0 spiro atoms. The van der Waals surface area contributed by atoms with Gasteiger partial charge in [-0.3, -0.25) is 5.43 Å². The molecule has 1 aliphatic rings. The first-order valence-electron chi connectivity index (χ1n) is 6.21. The minimum absolute atomic E-state index is 0.128. The summed E-state index contributed by atoms with van der Waals surface area (Å²) >= 11 is 0. The van der Waals surface area contributed by atoms with Gasteiger partial charge >= 0.3 is 0 Å². The van der Waals surface area contributed by atoms with Gasteiger partial charge in [-0.15, -0.1) is 0 Å². The van der Waals surface area contributed by atoms with E-state index in [4.69, 9.17) is 15.3 Å². The van der Waals surface area contributed by atoms with Crippen LogP contribution < -0.4 is 16.0 Å². The van der Waals surface area contributed by atoms with Crippen molar-refractivity contribution in [3.63, 3.8) is 0 Å². The minimum atomic E-state index is 0.128. The molecule has 3 N–H and O–H groups in total. The highest BCUT2D eigenvalue weighted by Gasteiger charge is 2.26. The third-order valence-electron chi connectivity index (χ3n) is 2.90. The molecule has 1 fully saturated rings. The molecule has 2 heterocycles. The van der Waals surface area contributed by atoms with E-state index >= 15 is 0 Å². The fourth-order valence-corrected chi connectivity index (χ4v) is 2.28. The average molecular weight is 252 g/mol. The molecule has 6 nitrogen and oxygen atoms in total. The summed E-state index contributed by atoms with van der Waals surface area (Å²) in [7, 11) is 0. The fraction of sp³-hybridized carbons (Fsp3) is 0.667. The van der Waals surface area contributed by atoms with Crippen LogP contribution in [0.2, 0.25) is 0 Å². The Balaban J connectivity index is 2.06. The molecule has 2 unspecified atom stereocenters. The highest BCUT2D eigenvalue weighted by molar-refractivity contribution is 5.29. The predicted molar refractivity (Wildman–Crippen MR) is 68.2 cm³/mol. The van der Waals surface area contributed by atoms with E-state index in [1.165, 1.54) is 0 Å². The van der Waals surface area contributed by atoms with Crippen LogP contribution in [0.15, 0.2) is 6.07 Å². The Kier molecular flexibility index (Phi) is 3.98. The predicted octanol–water partition coefficient (Wildman–Crippen LogP) is 1.41. The van der Waals surface area contributed by atoms with Crippen LogP contribution in [0.25, 0.3) is 0 Å².